The standard InChI is InChI=1S/C9H8F5NO/c10-4-1-5(7(12)6(11)2-4)8(15)9(13,14)3-16/h1-2,8,16H,3,15H2/t8-/m1/s1. The van der Waals surface area contributed by atoms with Crippen molar-refractivity contribution in [3.63, 3.8) is 0 Å². The highest BCUT2D eigenvalue weighted by Gasteiger charge is 2.39. The van der Waals surface area contributed by atoms with Crippen LogP contribution >= 0.6 is 0 Å². The van der Waals surface area contributed by atoms with Gasteiger partial charge in [0.2, 0.25) is 0 Å². The number of halogens is 5. The van der Waals surface area contributed by atoms with Crippen LogP contribution < -0.4 is 5.73 Å². The van der Waals surface area contributed by atoms with Crippen molar-refractivity contribution in [3.8, 4) is 0 Å². The molecule has 0 saturated carbocycles. The highest BCUT2D eigenvalue weighted by atomic mass is 19.3. The molecule has 16 heavy (non-hydrogen) atoms. The number of rotatable bonds is 3. The average molecular weight is 241 g/mol. The van der Waals surface area contributed by atoms with Crippen molar-refractivity contribution in [3.05, 3.63) is 35.1 Å². The third kappa shape index (κ3) is 2.30. The lowest BCUT2D eigenvalue weighted by molar-refractivity contribution is -0.0720. The van der Waals surface area contributed by atoms with E-state index in [1.54, 1.807) is 0 Å². The van der Waals surface area contributed by atoms with Gasteiger partial charge in [0.25, 0.3) is 5.92 Å². The fourth-order valence-electron chi connectivity index (χ4n) is 1.13. The maximum absolute atomic E-state index is 13.1. The number of benzene rings is 1. The van der Waals surface area contributed by atoms with E-state index in [4.69, 9.17) is 10.8 Å². The van der Waals surface area contributed by atoms with Crippen LogP contribution in [-0.2, 0) is 0 Å². The van der Waals surface area contributed by atoms with Crippen LogP contribution in [0.2, 0.25) is 0 Å². The fourth-order valence-corrected chi connectivity index (χ4v) is 1.13. The summed E-state index contributed by atoms with van der Waals surface area (Å²) in [7, 11) is 0. The van der Waals surface area contributed by atoms with Crippen molar-refractivity contribution in [2.75, 3.05) is 6.61 Å². The lowest BCUT2D eigenvalue weighted by Crippen LogP contribution is -2.37. The molecule has 2 nitrogen and oxygen atoms in total. The molecule has 0 unspecified atom stereocenters. The molecule has 3 N–H and O–H groups in total. The first kappa shape index (κ1) is 12.9. The Kier molecular flexibility index (Phi) is 3.49. The van der Waals surface area contributed by atoms with Gasteiger partial charge in [0, 0.05) is 11.6 Å². The van der Waals surface area contributed by atoms with Crippen LogP contribution in [-0.4, -0.2) is 17.6 Å². The predicted octanol–water partition coefficient (Wildman–Crippen LogP) is 1.73. The summed E-state index contributed by atoms with van der Waals surface area (Å²) in [6.07, 6.45) is 0. The second-order valence-corrected chi connectivity index (χ2v) is 3.19. The molecule has 0 aliphatic rings. The van der Waals surface area contributed by atoms with Gasteiger partial charge in [0.15, 0.2) is 11.6 Å². The van der Waals surface area contributed by atoms with Crippen molar-refractivity contribution in [2.24, 2.45) is 5.73 Å². The van der Waals surface area contributed by atoms with E-state index in [0.29, 0.717) is 6.07 Å². The molecule has 0 saturated heterocycles. The van der Waals surface area contributed by atoms with Gasteiger partial charge >= 0.3 is 0 Å². The minimum absolute atomic E-state index is 0.211. The molecule has 1 rings (SSSR count). The predicted molar refractivity (Wildman–Crippen MR) is 45.3 cm³/mol. The molecule has 0 fully saturated rings. The SMILES string of the molecule is N[C@H](c1cc(F)cc(F)c1F)C(F)(F)CO. The molecule has 90 valence electrons. The first-order valence-electron chi connectivity index (χ1n) is 4.18. The lowest BCUT2D eigenvalue weighted by Gasteiger charge is -2.22. The van der Waals surface area contributed by atoms with Gasteiger partial charge in [-0.1, -0.05) is 0 Å². The monoisotopic (exact) mass is 241 g/mol. The number of aliphatic hydroxyl groups excluding tert-OH is 1. The molecule has 0 spiro atoms. The molecule has 0 aliphatic carbocycles. The van der Waals surface area contributed by atoms with Crippen LogP contribution in [0.4, 0.5) is 22.0 Å². The topological polar surface area (TPSA) is 46.2 Å². The fraction of sp³-hybridized carbons (Fsp3) is 0.333. The molecule has 0 radical (unpaired) electrons. The summed E-state index contributed by atoms with van der Waals surface area (Å²) >= 11 is 0. The molecular weight excluding hydrogens is 233 g/mol. The number of hydrogen-bond donors (Lipinski definition) is 2. The minimum atomic E-state index is -3.86. The Hall–Kier alpha value is -1.21. The maximum atomic E-state index is 13.1. The van der Waals surface area contributed by atoms with Gasteiger partial charge in [0.05, 0.1) is 6.04 Å². The van der Waals surface area contributed by atoms with E-state index in [2.05, 4.69) is 0 Å². The van der Waals surface area contributed by atoms with Gasteiger partial charge in [0.1, 0.15) is 12.4 Å². The molecule has 7 heteroatoms. The Balaban J connectivity index is 3.23. The van der Waals surface area contributed by atoms with E-state index in [9.17, 15) is 22.0 Å². The molecule has 1 aromatic carbocycles. The maximum Gasteiger partial charge on any atom is 0.289 e. The molecule has 0 heterocycles. The molecule has 0 amide bonds. The second kappa shape index (κ2) is 4.34. The Morgan fingerprint density at radius 3 is 2.31 bits per heavy atom. The van der Waals surface area contributed by atoms with Gasteiger partial charge < -0.3 is 10.8 Å². The molecular formula is C9H8F5NO. The molecule has 1 aromatic rings. The molecule has 0 bridgehead atoms. The Morgan fingerprint density at radius 1 is 1.25 bits per heavy atom. The summed E-state index contributed by atoms with van der Waals surface area (Å²) in [5.74, 6) is -8.35. The van der Waals surface area contributed by atoms with Crippen LogP contribution in [0.25, 0.3) is 0 Å². The van der Waals surface area contributed by atoms with Crippen LogP contribution in [0.15, 0.2) is 12.1 Å². The first-order valence-corrected chi connectivity index (χ1v) is 4.18. The molecule has 0 aliphatic heterocycles. The van der Waals surface area contributed by atoms with Gasteiger partial charge in [-0.15, -0.1) is 0 Å². The van der Waals surface area contributed by atoms with Crippen LogP contribution in [0.3, 0.4) is 0 Å². The first-order chi connectivity index (χ1) is 7.29. The summed E-state index contributed by atoms with van der Waals surface area (Å²) in [5, 5.41) is 8.32. The quantitative estimate of drug-likeness (QED) is 0.625. The van der Waals surface area contributed by atoms with Crippen molar-refractivity contribution >= 4 is 0 Å². The summed E-state index contributed by atoms with van der Waals surface area (Å²) in [6, 6.07) is -1.74. The molecule has 1 atom stereocenters. The van der Waals surface area contributed by atoms with Crippen LogP contribution in [0.1, 0.15) is 11.6 Å². The van der Waals surface area contributed by atoms with Crippen molar-refractivity contribution < 1.29 is 27.1 Å². The van der Waals surface area contributed by atoms with Crippen LogP contribution in [0.5, 0.6) is 0 Å². The third-order valence-corrected chi connectivity index (χ3v) is 2.02. The summed E-state index contributed by atoms with van der Waals surface area (Å²) in [5.41, 5.74) is 3.92. The average Bonchev–Trinajstić information content (AvgIpc) is 2.22. The van der Waals surface area contributed by atoms with Crippen molar-refractivity contribution in [2.45, 2.75) is 12.0 Å². The van der Waals surface area contributed by atoms with E-state index in [0.717, 1.165) is 0 Å². The highest BCUT2D eigenvalue weighted by molar-refractivity contribution is 5.25. The number of hydrogen-bond acceptors (Lipinski definition) is 2. The van der Waals surface area contributed by atoms with E-state index in [-0.39, 0.29) is 6.07 Å². The summed E-state index contributed by atoms with van der Waals surface area (Å²) in [6.45, 7) is -1.65. The largest absolute Gasteiger partial charge is 0.390 e. The van der Waals surface area contributed by atoms with Gasteiger partial charge in [-0.25, -0.2) is 22.0 Å². The number of alkyl halides is 2. The summed E-state index contributed by atoms with van der Waals surface area (Å²) < 4.78 is 64.2. The van der Waals surface area contributed by atoms with Gasteiger partial charge in [-0.05, 0) is 6.07 Å². The van der Waals surface area contributed by atoms with E-state index in [1.807, 2.05) is 0 Å². The number of nitrogens with two attached hydrogens (primary N) is 1. The van der Waals surface area contributed by atoms with Crippen molar-refractivity contribution in [1.82, 2.24) is 0 Å². The smallest absolute Gasteiger partial charge is 0.289 e. The van der Waals surface area contributed by atoms with Crippen molar-refractivity contribution in [1.29, 1.82) is 0 Å². The van der Waals surface area contributed by atoms with Crippen LogP contribution in [0, 0.1) is 17.5 Å². The zero-order valence-corrected chi connectivity index (χ0v) is 7.85. The normalized spacial score (nSPS) is 13.9. The lowest BCUT2D eigenvalue weighted by atomic mass is 10.0. The van der Waals surface area contributed by atoms with Gasteiger partial charge in [-0.2, -0.15) is 0 Å². The Morgan fingerprint density at radius 2 is 1.81 bits per heavy atom. The minimum Gasteiger partial charge on any atom is -0.390 e. The second-order valence-electron chi connectivity index (χ2n) is 3.19. The Labute approximate surface area is 87.5 Å². The summed E-state index contributed by atoms with van der Waals surface area (Å²) in [4.78, 5) is 0. The molecule has 0 aromatic heterocycles. The van der Waals surface area contributed by atoms with Gasteiger partial charge in [-0.3, -0.25) is 0 Å². The zero-order chi connectivity index (χ0) is 12.5. The Bertz CT molecular complexity index is 396. The highest BCUT2D eigenvalue weighted by Crippen LogP contribution is 2.31. The van der Waals surface area contributed by atoms with E-state index >= 15 is 0 Å². The van der Waals surface area contributed by atoms with E-state index < -0.39 is 41.6 Å². The van der Waals surface area contributed by atoms with E-state index in [1.165, 1.54) is 0 Å². The number of aliphatic hydroxyl groups is 1. The zero-order valence-electron chi connectivity index (χ0n) is 7.85. The third-order valence-electron chi connectivity index (χ3n) is 2.02.